The third-order valence-corrected chi connectivity index (χ3v) is 4.41. The highest BCUT2D eigenvalue weighted by molar-refractivity contribution is 5.93. The largest absolute Gasteiger partial charge is 0.482 e. The van der Waals surface area contributed by atoms with Crippen LogP contribution in [0.15, 0.2) is 48.5 Å². The Morgan fingerprint density at radius 2 is 1.61 bits per heavy atom. The molecule has 0 radical (unpaired) electrons. The maximum Gasteiger partial charge on any atom is 0.344 e. The Morgan fingerprint density at radius 3 is 2.29 bits per heavy atom. The zero-order valence-electron chi connectivity index (χ0n) is 15.5. The fraction of sp³-hybridized carbons (Fsp3) is 0.333. The first-order valence-corrected chi connectivity index (χ1v) is 9.29. The predicted octanol–water partition coefficient (Wildman–Crippen LogP) is 3.38. The van der Waals surface area contributed by atoms with E-state index < -0.39 is 24.3 Å². The van der Waals surface area contributed by atoms with Gasteiger partial charge in [-0.1, -0.05) is 0 Å². The minimum atomic E-state index is -0.681. The summed E-state index contributed by atoms with van der Waals surface area (Å²) in [4.78, 5) is 25.9. The summed E-state index contributed by atoms with van der Waals surface area (Å²) in [6.45, 7) is 1.35. The van der Waals surface area contributed by atoms with Gasteiger partial charge in [-0.25, -0.2) is 9.18 Å². The molecule has 0 spiro atoms. The second-order valence-electron chi connectivity index (χ2n) is 6.55. The monoisotopic (exact) mass is 386 g/mol. The van der Waals surface area contributed by atoms with E-state index in [0.717, 1.165) is 18.8 Å². The second-order valence-corrected chi connectivity index (χ2v) is 6.55. The van der Waals surface area contributed by atoms with E-state index in [2.05, 4.69) is 10.2 Å². The third kappa shape index (κ3) is 5.97. The Kier molecular flexibility index (Phi) is 6.84. The van der Waals surface area contributed by atoms with E-state index >= 15 is 0 Å². The van der Waals surface area contributed by atoms with Crippen molar-refractivity contribution in [3.8, 4) is 5.75 Å². The summed E-state index contributed by atoms with van der Waals surface area (Å²) >= 11 is 0. The molecule has 2 aromatic carbocycles. The quantitative estimate of drug-likeness (QED) is 0.739. The maximum atomic E-state index is 12.8. The van der Waals surface area contributed by atoms with Crippen LogP contribution in [0.25, 0.3) is 0 Å². The van der Waals surface area contributed by atoms with Crippen molar-refractivity contribution in [1.82, 2.24) is 0 Å². The van der Waals surface area contributed by atoms with Gasteiger partial charge in [-0.2, -0.15) is 0 Å². The van der Waals surface area contributed by atoms with E-state index in [1.807, 2.05) is 24.3 Å². The molecule has 0 unspecified atom stereocenters. The van der Waals surface area contributed by atoms with Crippen molar-refractivity contribution >= 4 is 23.3 Å². The number of halogens is 1. The lowest BCUT2D eigenvalue weighted by molar-refractivity contribution is -0.149. The Balaban J connectivity index is 1.38. The van der Waals surface area contributed by atoms with Gasteiger partial charge in [0.1, 0.15) is 11.6 Å². The number of anilines is 2. The molecule has 0 aliphatic carbocycles. The molecule has 6 nitrogen and oxygen atoms in total. The average molecular weight is 386 g/mol. The highest BCUT2D eigenvalue weighted by Crippen LogP contribution is 2.21. The van der Waals surface area contributed by atoms with Crippen LogP contribution in [0.3, 0.4) is 0 Å². The highest BCUT2D eigenvalue weighted by atomic mass is 19.1. The molecule has 7 heteroatoms. The van der Waals surface area contributed by atoms with Crippen LogP contribution in [0.4, 0.5) is 15.8 Å². The molecule has 1 fully saturated rings. The van der Waals surface area contributed by atoms with Crippen LogP contribution >= 0.6 is 0 Å². The molecule has 0 saturated carbocycles. The van der Waals surface area contributed by atoms with Crippen molar-refractivity contribution in [1.29, 1.82) is 0 Å². The first-order chi connectivity index (χ1) is 13.6. The van der Waals surface area contributed by atoms with E-state index in [1.54, 1.807) is 0 Å². The summed E-state index contributed by atoms with van der Waals surface area (Å²) in [6.07, 6.45) is 3.68. The number of nitrogens with zero attached hydrogens (tertiary/aromatic N) is 1. The topological polar surface area (TPSA) is 67.9 Å². The molecule has 1 aliphatic rings. The number of carbonyl (C=O) groups excluding carboxylic acids is 2. The van der Waals surface area contributed by atoms with Crippen LogP contribution in [0, 0.1) is 5.82 Å². The van der Waals surface area contributed by atoms with Gasteiger partial charge < -0.3 is 19.7 Å². The Bertz CT molecular complexity index is 787. The summed E-state index contributed by atoms with van der Waals surface area (Å²) in [7, 11) is 0. The van der Waals surface area contributed by atoms with Gasteiger partial charge in [0, 0.05) is 24.5 Å². The zero-order chi connectivity index (χ0) is 19.8. The summed E-state index contributed by atoms with van der Waals surface area (Å²) in [5.74, 6) is -1.16. The molecular formula is C21H23FN2O4. The number of benzene rings is 2. The fourth-order valence-corrected chi connectivity index (χ4v) is 2.97. The lowest BCUT2D eigenvalue weighted by Gasteiger charge is -2.28. The van der Waals surface area contributed by atoms with Crippen molar-refractivity contribution in [2.75, 3.05) is 36.5 Å². The highest BCUT2D eigenvalue weighted by Gasteiger charge is 2.12. The van der Waals surface area contributed by atoms with E-state index in [-0.39, 0.29) is 6.61 Å². The molecule has 28 heavy (non-hydrogen) atoms. The van der Waals surface area contributed by atoms with E-state index in [4.69, 9.17) is 9.47 Å². The smallest absolute Gasteiger partial charge is 0.344 e. The first kappa shape index (κ1) is 19.7. The molecule has 1 saturated heterocycles. The van der Waals surface area contributed by atoms with E-state index in [9.17, 15) is 14.0 Å². The number of rotatable bonds is 7. The van der Waals surface area contributed by atoms with Gasteiger partial charge in [-0.05, 0) is 67.8 Å². The number of amides is 1. The standard InChI is InChI=1S/C21H23FN2O4/c22-16-4-10-19(11-5-16)27-15-21(26)28-14-20(25)23-17-6-8-18(9-7-17)24-12-2-1-3-13-24/h4-11H,1-3,12-15H2,(H,23,25). The number of nitrogens with one attached hydrogen (secondary N) is 1. The summed E-state index contributed by atoms with van der Waals surface area (Å²) in [5, 5.41) is 2.69. The molecule has 1 N–H and O–H groups in total. The van der Waals surface area contributed by atoms with Crippen LogP contribution in [-0.2, 0) is 14.3 Å². The number of hydrogen-bond donors (Lipinski definition) is 1. The molecule has 0 bridgehead atoms. The van der Waals surface area contributed by atoms with Crippen molar-refractivity contribution in [3.63, 3.8) is 0 Å². The predicted molar refractivity (Wildman–Crippen MR) is 104 cm³/mol. The summed E-state index contributed by atoms with van der Waals surface area (Å²) < 4.78 is 22.8. The molecule has 1 aliphatic heterocycles. The number of carbonyl (C=O) groups is 2. The van der Waals surface area contributed by atoms with E-state index in [0.29, 0.717) is 11.4 Å². The molecule has 0 atom stereocenters. The number of esters is 1. The Morgan fingerprint density at radius 1 is 0.929 bits per heavy atom. The molecule has 1 heterocycles. The maximum absolute atomic E-state index is 12.8. The van der Waals surface area contributed by atoms with Crippen LogP contribution in [-0.4, -0.2) is 38.2 Å². The molecule has 1 amide bonds. The van der Waals surface area contributed by atoms with Crippen molar-refractivity contribution < 1.29 is 23.5 Å². The summed E-state index contributed by atoms with van der Waals surface area (Å²) in [5.41, 5.74) is 1.78. The first-order valence-electron chi connectivity index (χ1n) is 9.29. The molecule has 148 valence electrons. The fourth-order valence-electron chi connectivity index (χ4n) is 2.97. The van der Waals surface area contributed by atoms with Crippen molar-refractivity contribution in [2.45, 2.75) is 19.3 Å². The molecule has 3 rings (SSSR count). The van der Waals surface area contributed by atoms with Crippen LogP contribution in [0.5, 0.6) is 5.75 Å². The van der Waals surface area contributed by atoms with Crippen LogP contribution in [0.2, 0.25) is 0 Å². The third-order valence-electron chi connectivity index (χ3n) is 4.41. The van der Waals surface area contributed by atoms with Gasteiger partial charge in [0.05, 0.1) is 0 Å². The molecular weight excluding hydrogens is 363 g/mol. The average Bonchev–Trinajstić information content (AvgIpc) is 2.73. The van der Waals surface area contributed by atoms with Crippen molar-refractivity contribution in [2.24, 2.45) is 0 Å². The summed E-state index contributed by atoms with van der Waals surface area (Å²) in [6, 6.07) is 12.9. The SMILES string of the molecule is O=C(COC(=O)COc1ccc(F)cc1)Nc1ccc(N2CCCCC2)cc1. The Hall–Kier alpha value is -3.09. The molecule has 2 aromatic rings. The number of hydrogen-bond acceptors (Lipinski definition) is 5. The Labute approximate surface area is 163 Å². The van der Waals surface area contributed by atoms with Gasteiger partial charge in [0.15, 0.2) is 13.2 Å². The molecule has 0 aromatic heterocycles. The van der Waals surface area contributed by atoms with E-state index in [1.165, 1.54) is 43.5 Å². The lowest BCUT2D eigenvalue weighted by Crippen LogP contribution is -2.29. The van der Waals surface area contributed by atoms with Gasteiger partial charge >= 0.3 is 5.97 Å². The minimum Gasteiger partial charge on any atom is -0.482 e. The van der Waals surface area contributed by atoms with Crippen LogP contribution < -0.4 is 15.0 Å². The normalized spacial score (nSPS) is 13.7. The number of piperidine rings is 1. The van der Waals surface area contributed by atoms with Gasteiger partial charge in [0.2, 0.25) is 0 Å². The second kappa shape index (κ2) is 9.73. The van der Waals surface area contributed by atoms with Crippen molar-refractivity contribution in [3.05, 3.63) is 54.3 Å². The van der Waals surface area contributed by atoms with Gasteiger partial charge in [-0.15, -0.1) is 0 Å². The lowest BCUT2D eigenvalue weighted by atomic mass is 10.1. The minimum absolute atomic E-state index is 0.344. The van der Waals surface area contributed by atoms with Gasteiger partial charge in [0.25, 0.3) is 5.91 Å². The number of ether oxygens (including phenoxy) is 2. The zero-order valence-corrected chi connectivity index (χ0v) is 15.5. The van der Waals surface area contributed by atoms with Gasteiger partial charge in [-0.3, -0.25) is 4.79 Å². The van der Waals surface area contributed by atoms with Crippen LogP contribution in [0.1, 0.15) is 19.3 Å².